The molecule has 1 N–H and O–H groups in total. The van der Waals surface area contributed by atoms with Gasteiger partial charge in [0.1, 0.15) is 0 Å². The molecule has 0 aromatic carbocycles. The van der Waals surface area contributed by atoms with Crippen LogP contribution in [0.15, 0.2) is 11.6 Å². The molecule has 0 aromatic rings. The summed E-state index contributed by atoms with van der Waals surface area (Å²) >= 11 is 0. The minimum absolute atomic E-state index is 0.0328. The number of carboxylic acids is 1. The second kappa shape index (κ2) is 4.36. The second-order valence-electron chi connectivity index (χ2n) is 7.91. The first kappa shape index (κ1) is 13.2. The molecule has 4 aliphatic carbocycles. The van der Waals surface area contributed by atoms with Gasteiger partial charge in [-0.2, -0.15) is 0 Å². The Labute approximate surface area is 116 Å². The molecule has 0 spiro atoms. The SMILES string of the molecule is CC(=CC(C)(C)C1C2CC3CC(C2)CC1C3)C(=O)O. The third-order valence-corrected chi connectivity index (χ3v) is 6.01. The highest BCUT2D eigenvalue weighted by Crippen LogP contribution is 2.61. The molecule has 0 radical (unpaired) electrons. The van der Waals surface area contributed by atoms with Gasteiger partial charge in [0.15, 0.2) is 0 Å². The maximum atomic E-state index is 11.1. The molecule has 4 rings (SSSR count). The van der Waals surface area contributed by atoms with Crippen LogP contribution in [-0.4, -0.2) is 11.1 Å². The maximum absolute atomic E-state index is 11.1. The number of carbonyl (C=O) groups is 1. The van der Waals surface area contributed by atoms with Crippen molar-refractivity contribution in [1.29, 1.82) is 0 Å². The van der Waals surface area contributed by atoms with E-state index >= 15 is 0 Å². The van der Waals surface area contributed by atoms with E-state index in [0.717, 1.165) is 23.7 Å². The first-order valence-corrected chi connectivity index (χ1v) is 7.79. The summed E-state index contributed by atoms with van der Waals surface area (Å²) in [5.41, 5.74) is 0.546. The molecule has 0 aromatic heterocycles. The molecular formula is C17H26O2. The Morgan fingerprint density at radius 3 is 1.95 bits per heavy atom. The van der Waals surface area contributed by atoms with E-state index in [1.807, 2.05) is 6.08 Å². The van der Waals surface area contributed by atoms with Crippen LogP contribution in [-0.2, 0) is 4.79 Å². The summed E-state index contributed by atoms with van der Waals surface area (Å²) in [5, 5.41) is 9.13. The van der Waals surface area contributed by atoms with Crippen LogP contribution in [0.2, 0.25) is 0 Å². The predicted molar refractivity (Wildman–Crippen MR) is 75.7 cm³/mol. The number of hydrogen-bond acceptors (Lipinski definition) is 1. The van der Waals surface area contributed by atoms with Gasteiger partial charge < -0.3 is 5.11 Å². The predicted octanol–water partition coefficient (Wildman–Crippen LogP) is 4.12. The van der Waals surface area contributed by atoms with Crippen LogP contribution < -0.4 is 0 Å². The van der Waals surface area contributed by atoms with E-state index in [4.69, 9.17) is 5.11 Å². The van der Waals surface area contributed by atoms with Gasteiger partial charge in [-0.05, 0) is 74.0 Å². The van der Waals surface area contributed by atoms with E-state index in [-0.39, 0.29) is 5.41 Å². The Morgan fingerprint density at radius 1 is 1.05 bits per heavy atom. The molecule has 0 atom stereocenters. The van der Waals surface area contributed by atoms with Crippen LogP contribution in [0.1, 0.15) is 52.9 Å². The summed E-state index contributed by atoms with van der Waals surface area (Å²) in [5.74, 6) is 3.61. The standard InChI is InChI=1S/C17H26O2/c1-10(16(18)19)9-17(2,3)15-13-5-11-4-12(7-13)8-14(15)6-11/h9,11-15H,4-8H2,1-3H3,(H,18,19). The van der Waals surface area contributed by atoms with Gasteiger partial charge in [0.05, 0.1) is 0 Å². The van der Waals surface area contributed by atoms with E-state index in [0.29, 0.717) is 11.5 Å². The molecule has 0 aliphatic heterocycles. The van der Waals surface area contributed by atoms with Crippen molar-refractivity contribution in [1.82, 2.24) is 0 Å². The number of aliphatic carboxylic acids is 1. The van der Waals surface area contributed by atoms with Crippen molar-refractivity contribution in [3.8, 4) is 0 Å². The first-order valence-electron chi connectivity index (χ1n) is 7.79. The summed E-state index contributed by atoms with van der Waals surface area (Å²) in [6.07, 6.45) is 9.12. The number of hydrogen-bond donors (Lipinski definition) is 1. The van der Waals surface area contributed by atoms with Gasteiger partial charge in [0.2, 0.25) is 0 Å². The molecule has 4 saturated carbocycles. The Balaban J connectivity index is 1.85. The third-order valence-electron chi connectivity index (χ3n) is 6.01. The summed E-state index contributed by atoms with van der Waals surface area (Å²) in [4.78, 5) is 11.1. The normalized spacial score (nSPS) is 41.6. The molecule has 106 valence electrons. The first-order chi connectivity index (χ1) is 8.87. The fraction of sp³-hybridized carbons (Fsp3) is 0.824. The molecule has 0 heterocycles. The Kier molecular flexibility index (Phi) is 3.03. The topological polar surface area (TPSA) is 37.3 Å². The third kappa shape index (κ3) is 2.23. The minimum Gasteiger partial charge on any atom is -0.478 e. The van der Waals surface area contributed by atoms with Gasteiger partial charge in [-0.15, -0.1) is 0 Å². The fourth-order valence-corrected chi connectivity index (χ4v) is 5.86. The largest absolute Gasteiger partial charge is 0.478 e. The van der Waals surface area contributed by atoms with Gasteiger partial charge in [-0.3, -0.25) is 0 Å². The van der Waals surface area contributed by atoms with Gasteiger partial charge in [-0.1, -0.05) is 19.9 Å². The van der Waals surface area contributed by atoms with Gasteiger partial charge in [-0.25, -0.2) is 4.79 Å². The van der Waals surface area contributed by atoms with Gasteiger partial charge in [0.25, 0.3) is 0 Å². The zero-order valence-electron chi connectivity index (χ0n) is 12.4. The van der Waals surface area contributed by atoms with E-state index in [1.54, 1.807) is 6.92 Å². The zero-order chi connectivity index (χ0) is 13.8. The van der Waals surface area contributed by atoms with Crippen molar-refractivity contribution >= 4 is 5.97 Å². The molecule has 2 nitrogen and oxygen atoms in total. The van der Waals surface area contributed by atoms with Crippen molar-refractivity contribution in [2.24, 2.45) is 35.0 Å². The van der Waals surface area contributed by atoms with Crippen LogP contribution in [0.25, 0.3) is 0 Å². The highest BCUT2D eigenvalue weighted by atomic mass is 16.4. The molecule has 0 unspecified atom stereocenters. The van der Waals surface area contributed by atoms with Crippen LogP contribution in [0.3, 0.4) is 0 Å². The van der Waals surface area contributed by atoms with Crippen molar-refractivity contribution in [2.75, 3.05) is 0 Å². The lowest BCUT2D eigenvalue weighted by Crippen LogP contribution is -2.49. The summed E-state index contributed by atoms with van der Waals surface area (Å²) < 4.78 is 0. The van der Waals surface area contributed by atoms with E-state index in [2.05, 4.69) is 13.8 Å². The quantitative estimate of drug-likeness (QED) is 0.777. The van der Waals surface area contributed by atoms with Gasteiger partial charge in [0, 0.05) is 5.57 Å². The highest BCUT2D eigenvalue weighted by molar-refractivity contribution is 5.85. The molecule has 4 bridgehead atoms. The fourth-order valence-electron chi connectivity index (χ4n) is 5.86. The Hall–Kier alpha value is -0.790. The molecule has 4 fully saturated rings. The zero-order valence-corrected chi connectivity index (χ0v) is 12.4. The average molecular weight is 262 g/mol. The van der Waals surface area contributed by atoms with Crippen molar-refractivity contribution in [3.63, 3.8) is 0 Å². The van der Waals surface area contributed by atoms with E-state index in [9.17, 15) is 4.79 Å². The van der Waals surface area contributed by atoms with E-state index in [1.165, 1.54) is 32.1 Å². The number of rotatable bonds is 3. The van der Waals surface area contributed by atoms with Crippen LogP contribution >= 0.6 is 0 Å². The number of allylic oxidation sites excluding steroid dienone is 1. The average Bonchev–Trinajstić information content (AvgIpc) is 2.25. The Morgan fingerprint density at radius 2 is 1.53 bits per heavy atom. The van der Waals surface area contributed by atoms with Gasteiger partial charge >= 0.3 is 5.97 Å². The lowest BCUT2D eigenvalue weighted by atomic mass is 9.47. The summed E-state index contributed by atoms with van der Waals surface area (Å²) in [6, 6.07) is 0. The Bertz CT molecular complexity index is 391. The minimum atomic E-state index is -0.767. The van der Waals surface area contributed by atoms with Crippen molar-refractivity contribution in [3.05, 3.63) is 11.6 Å². The maximum Gasteiger partial charge on any atom is 0.330 e. The number of carboxylic acid groups (broad SMARTS) is 1. The monoisotopic (exact) mass is 262 g/mol. The lowest BCUT2D eigenvalue weighted by Gasteiger charge is -2.58. The van der Waals surface area contributed by atoms with Crippen LogP contribution in [0, 0.1) is 35.0 Å². The van der Waals surface area contributed by atoms with E-state index < -0.39 is 5.97 Å². The lowest BCUT2D eigenvalue weighted by molar-refractivity contribution is -0.132. The van der Waals surface area contributed by atoms with Crippen molar-refractivity contribution in [2.45, 2.75) is 52.9 Å². The summed E-state index contributed by atoms with van der Waals surface area (Å²) in [6.45, 7) is 6.25. The molecular weight excluding hydrogens is 236 g/mol. The smallest absolute Gasteiger partial charge is 0.330 e. The molecule has 4 aliphatic rings. The van der Waals surface area contributed by atoms with Crippen LogP contribution in [0.4, 0.5) is 0 Å². The molecule has 0 saturated heterocycles. The molecule has 0 amide bonds. The molecule has 19 heavy (non-hydrogen) atoms. The highest BCUT2D eigenvalue weighted by Gasteiger charge is 2.52. The second-order valence-corrected chi connectivity index (χ2v) is 7.91. The van der Waals surface area contributed by atoms with Crippen LogP contribution in [0.5, 0.6) is 0 Å². The summed E-state index contributed by atoms with van der Waals surface area (Å²) in [7, 11) is 0. The molecule has 2 heteroatoms. The van der Waals surface area contributed by atoms with Crippen molar-refractivity contribution < 1.29 is 9.90 Å².